The highest BCUT2D eigenvalue weighted by molar-refractivity contribution is 7.89. The molecule has 1 heterocycles. The molecule has 7 nitrogen and oxygen atoms in total. The van der Waals surface area contributed by atoms with E-state index in [-0.39, 0.29) is 29.5 Å². The first kappa shape index (κ1) is 20.9. The highest BCUT2D eigenvalue weighted by atomic mass is 32.2. The number of nitrogens with one attached hydrogen (secondary N) is 1. The minimum Gasteiger partial charge on any atom is -0.486 e. The molecule has 1 aromatic heterocycles. The second-order valence-electron chi connectivity index (χ2n) is 5.78. The van der Waals surface area contributed by atoms with E-state index in [0.717, 1.165) is 0 Å². The first-order valence-electron chi connectivity index (χ1n) is 8.40. The van der Waals surface area contributed by atoms with Gasteiger partial charge in [0.1, 0.15) is 29.8 Å². The Balaban J connectivity index is 1.52. The van der Waals surface area contributed by atoms with Crippen molar-refractivity contribution in [3.8, 4) is 5.75 Å². The minimum atomic E-state index is -3.56. The van der Waals surface area contributed by atoms with E-state index in [1.165, 1.54) is 66.9 Å². The fourth-order valence-electron chi connectivity index (χ4n) is 2.27. The lowest BCUT2D eigenvalue weighted by atomic mass is 10.2. The van der Waals surface area contributed by atoms with Gasteiger partial charge in [0.25, 0.3) is 0 Å². The molecule has 29 heavy (non-hydrogen) atoms. The van der Waals surface area contributed by atoms with Gasteiger partial charge >= 0.3 is 5.97 Å². The largest absolute Gasteiger partial charge is 0.486 e. The Morgan fingerprint density at radius 1 is 1.10 bits per heavy atom. The number of nitrogens with zero attached hydrogens (tertiary/aromatic N) is 1. The zero-order valence-electron chi connectivity index (χ0n) is 15.3. The van der Waals surface area contributed by atoms with Crippen LogP contribution in [0.1, 0.15) is 21.1 Å². The van der Waals surface area contributed by atoms with Crippen LogP contribution < -0.4 is 9.46 Å². The average Bonchev–Trinajstić information content (AvgIpc) is 3.19. The number of carbonyl (C=O) groups is 1. The number of hydrogen-bond acceptors (Lipinski definition) is 7. The molecule has 0 bridgehead atoms. The molecule has 10 heteroatoms. The maximum atomic E-state index is 12.9. The second-order valence-corrected chi connectivity index (χ2v) is 8.61. The Morgan fingerprint density at radius 3 is 2.45 bits per heavy atom. The van der Waals surface area contributed by atoms with E-state index in [4.69, 9.17) is 9.47 Å². The number of aromatic nitrogens is 1. The number of esters is 1. The fraction of sp³-hybridized carbons (Fsp3) is 0.158. The summed E-state index contributed by atoms with van der Waals surface area (Å²) >= 11 is 1.35. The lowest BCUT2D eigenvalue weighted by molar-refractivity contribution is 0.0468. The highest BCUT2D eigenvalue weighted by Crippen LogP contribution is 2.17. The topological polar surface area (TPSA) is 94.6 Å². The third-order valence-corrected chi connectivity index (χ3v) is 6.10. The maximum absolute atomic E-state index is 12.9. The summed E-state index contributed by atoms with van der Waals surface area (Å²) in [4.78, 5) is 16.5. The molecular formula is C19H17FN2O5S2. The zero-order valence-corrected chi connectivity index (χ0v) is 16.9. The van der Waals surface area contributed by atoms with Gasteiger partial charge in [-0.3, -0.25) is 0 Å². The molecule has 0 saturated carbocycles. The fourth-order valence-corrected chi connectivity index (χ4v) is 3.69. The number of thiazole rings is 1. The van der Waals surface area contributed by atoms with E-state index in [1.54, 1.807) is 5.38 Å². The van der Waals surface area contributed by atoms with E-state index in [1.807, 2.05) is 0 Å². The summed E-state index contributed by atoms with van der Waals surface area (Å²) in [7, 11) is -2.25. The van der Waals surface area contributed by atoms with E-state index in [9.17, 15) is 17.6 Å². The molecule has 0 amide bonds. The Kier molecular flexibility index (Phi) is 6.57. The van der Waals surface area contributed by atoms with Gasteiger partial charge in [-0.1, -0.05) is 0 Å². The molecular weight excluding hydrogens is 419 g/mol. The number of rotatable bonds is 8. The zero-order chi connectivity index (χ0) is 20.9. The van der Waals surface area contributed by atoms with Gasteiger partial charge in [0.15, 0.2) is 0 Å². The summed E-state index contributed by atoms with van der Waals surface area (Å²) in [5.74, 6) is -0.400. The molecule has 0 aliphatic heterocycles. The second kappa shape index (κ2) is 9.12. The summed E-state index contributed by atoms with van der Waals surface area (Å²) in [5, 5.41) is 2.43. The number of sulfonamides is 1. The molecule has 0 fully saturated rings. The monoisotopic (exact) mass is 436 g/mol. The number of ether oxygens (including phenoxy) is 2. The molecule has 0 spiro atoms. The van der Waals surface area contributed by atoms with Crippen molar-refractivity contribution in [3.05, 3.63) is 76.0 Å². The average molecular weight is 436 g/mol. The summed E-state index contributed by atoms with van der Waals surface area (Å²) in [5.41, 5.74) is 0.797. The number of hydrogen-bond donors (Lipinski definition) is 1. The normalized spacial score (nSPS) is 11.2. The lowest BCUT2D eigenvalue weighted by Gasteiger charge is -2.05. The smallest absolute Gasteiger partial charge is 0.338 e. The van der Waals surface area contributed by atoms with Crippen LogP contribution in [0.3, 0.4) is 0 Å². The molecule has 0 unspecified atom stereocenters. The molecule has 3 rings (SSSR count). The van der Waals surface area contributed by atoms with Crippen molar-refractivity contribution in [1.82, 2.24) is 9.71 Å². The summed E-state index contributed by atoms with van der Waals surface area (Å²) in [6.07, 6.45) is 0. The first-order valence-corrected chi connectivity index (χ1v) is 10.8. The molecule has 0 aliphatic carbocycles. The number of benzene rings is 2. The van der Waals surface area contributed by atoms with Crippen LogP contribution in [0.15, 0.2) is 58.8 Å². The number of halogens is 1. The Bertz CT molecular complexity index is 1080. The van der Waals surface area contributed by atoms with Crippen LogP contribution in [0.25, 0.3) is 0 Å². The van der Waals surface area contributed by atoms with Gasteiger partial charge in [-0.05, 0) is 55.6 Å². The summed E-state index contributed by atoms with van der Waals surface area (Å²) in [6.45, 7) is 0.189. The molecule has 152 valence electrons. The molecule has 1 N–H and O–H groups in total. The molecule has 0 saturated heterocycles. The lowest BCUT2D eigenvalue weighted by Crippen LogP contribution is -2.18. The van der Waals surface area contributed by atoms with E-state index in [0.29, 0.717) is 16.5 Å². The van der Waals surface area contributed by atoms with Crippen LogP contribution >= 0.6 is 11.3 Å². The van der Waals surface area contributed by atoms with Crippen molar-refractivity contribution < 1.29 is 27.1 Å². The Hall–Kier alpha value is -2.82. The van der Waals surface area contributed by atoms with Crippen LogP contribution in [0.4, 0.5) is 4.39 Å². The maximum Gasteiger partial charge on any atom is 0.338 e. The van der Waals surface area contributed by atoms with Gasteiger partial charge in [0, 0.05) is 5.38 Å². The molecule has 3 aromatic rings. The van der Waals surface area contributed by atoms with Crippen molar-refractivity contribution in [1.29, 1.82) is 0 Å². The van der Waals surface area contributed by atoms with Gasteiger partial charge in [-0.25, -0.2) is 27.3 Å². The van der Waals surface area contributed by atoms with Crippen LogP contribution in [-0.2, 0) is 28.0 Å². The van der Waals surface area contributed by atoms with Crippen LogP contribution in [0.2, 0.25) is 0 Å². The quantitative estimate of drug-likeness (QED) is 0.545. The molecule has 2 aromatic carbocycles. The standard InChI is InChI=1S/C19H17FN2O5S2/c1-21-29(24,25)17-8-2-13(3-9-17)19(23)27-10-15-12-28-18(22-15)11-26-16-6-4-14(20)5-7-16/h2-9,12,21H,10-11H2,1H3. The molecule has 0 aliphatic rings. The van der Waals surface area contributed by atoms with Crippen LogP contribution in [0.5, 0.6) is 5.75 Å². The minimum absolute atomic E-state index is 0.0254. The van der Waals surface area contributed by atoms with Gasteiger partial charge in [-0.15, -0.1) is 11.3 Å². The highest BCUT2D eigenvalue weighted by Gasteiger charge is 2.14. The third-order valence-electron chi connectivity index (χ3n) is 3.80. The Morgan fingerprint density at radius 2 is 1.79 bits per heavy atom. The van der Waals surface area contributed by atoms with Crippen molar-refractivity contribution >= 4 is 27.3 Å². The van der Waals surface area contributed by atoms with Gasteiger partial charge in [-0.2, -0.15) is 0 Å². The van der Waals surface area contributed by atoms with E-state index in [2.05, 4.69) is 9.71 Å². The SMILES string of the molecule is CNS(=O)(=O)c1ccc(C(=O)OCc2csc(COc3ccc(F)cc3)n2)cc1. The predicted octanol–water partition coefficient (Wildman–Crippen LogP) is 3.13. The van der Waals surface area contributed by atoms with Crippen LogP contribution in [0, 0.1) is 5.82 Å². The van der Waals surface area contributed by atoms with Crippen LogP contribution in [-0.4, -0.2) is 26.4 Å². The predicted molar refractivity (Wildman–Crippen MR) is 105 cm³/mol. The van der Waals surface area contributed by atoms with Gasteiger partial charge < -0.3 is 9.47 Å². The summed E-state index contributed by atoms with van der Waals surface area (Å²) < 4.78 is 49.2. The first-order chi connectivity index (χ1) is 13.9. The summed E-state index contributed by atoms with van der Waals surface area (Å²) in [6, 6.07) is 11.1. The van der Waals surface area contributed by atoms with E-state index < -0.39 is 16.0 Å². The Labute approximate surface area is 171 Å². The van der Waals surface area contributed by atoms with Gasteiger partial charge in [0.05, 0.1) is 16.2 Å². The van der Waals surface area contributed by atoms with E-state index >= 15 is 0 Å². The van der Waals surface area contributed by atoms with Crippen molar-refractivity contribution in [2.75, 3.05) is 7.05 Å². The van der Waals surface area contributed by atoms with Crippen molar-refractivity contribution in [3.63, 3.8) is 0 Å². The number of carbonyl (C=O) groups excluding carboxylic acids is 1. The van der Waals surface area contributed by atoms with Crippen molar-refractivity contribution in [2.45, 2.75) is 18.1 Å². The third kappa shape index (κ3) is 5.59. The van der Waals surface area contributed by atoms with Gasteiger partial charge in [0.2, 0.25) is 10.0 Å². The molecule has 0 atom stereocenters. The van der Waals surface area contributed by atoms with Crippen molar-refractivity contribution in [2.24, 2.45) is 0 Å². The molecule has 0 radical (unpaired) electrons.